The Hall–Kier alpha value is -1.34. The maximum Gasteiger partial charge on any atom is 0.272 e. The van der Waals surface area contributed by atoms with Crippen LogP contribution in [0.5, 0.6) is 0 Å². The van der Waals surface area contributed by atoms with Gasteiger partial charge in [0.1, 0.15) is 4.70 Å². The molecule has 0 saturated heterocycles. The van der Waals surface area contributed by atoms with E-state index in [1.807, 2.05) is 16.0 Å². The fraction of sp³-hybridized carbons (Fsp3) is 0.632. The molecule has 1 saturated carbocycles. The molecule has 0 bridgehead atoms. The van der Waals surface area contributed by atoms with E-state index in [4.69, 9.17) is 4.98 Å². The number of carbonyl (C=O) groups excluding carboxylic acids is 1. The van der Waals surface area contributed by atoms with Crippen molar-refractivity contribution in [3.05, 3.63) is 21.8 Å². The fourth-order valence-electron chi connectivity index (χ4n) is 3.35. The van der Waals surface area contributed by atoms with E-state index in [2.05, 4.69) is 19.2 Å². The summed E-state index contributed by atoms with van der Waals surface area (Å²) in [6, 6.07) is 2.10. The molecule has 2 aromatic heterocycles. The third-order valence-electron chi connectivity index (χ3n) is 4.80. The Bertz CT molecular complexity index is 807. The minimum atomic E-state index is 0.00510. The molecule has 1 aliphatic carbocycles. The van der Waals surface area contributed by atoms with Gasteiger partial charge >= 0.3 is 0 Å². The largest absolute Gasteiger partial charge is 0.355 e. The molecule has 0 spiro atoms. The standard InChI is InChI=1S/C19H27N3O2S2/c1-13(2)8-10-20-16(23)12-26-19-21-15-9-11-25-17(15)18(24)22(19)14-6-4-3-5-7-14/h9,11,13-14H,3-8,10,12H2,1-2H3,(H,20,23). The second-order valence-electron chi connectivity index (χ2n) is 7.32. The molecule has 0 atom stereocenters. The molecule has 2 aromatic rings. The number of nitrogens with one attached hydrogen (secondary N) is 1. The van der Waals surface area contributed by atoms with Crippen LogP contribution in [0.4, 0.5) is 0 Å². The summed E-state index contributed by atoms with van der Waals surface area (Å²) in [7, 11) is 0. The summed E-state index contributed by atoms with van der Waals surface area (Å²) in [5.74, 6) is 0.875. The maximum absolute atomic E-state index is 13.0. The first-order valence-electron chi connectivity index (χ1n) is 9.45. The van der Waals surface area contributed by atoms with Crippen molar-refractivity contribution in [3.8, 4) is 0 Å². The third-order valence-corrected chi connectivity index (χ3v) is 6.64. The molecule has 1 fully saturated rings. The first-order valence-corrected chi connectivity index (χ1v) is 11.3. The van der Waals surface area contributed by atoms with Crippen LogP contribution in [0.3, 0.4) is 0 Å². The summed E-state index contributed by atoms with van der Waals surface area (Å²) in [6.07, 6.45) is 6.56. The molecule has 1 aliphatic rings. The number of hydrogen-bond acceptors (Lipinski definition) is 5. The van der Waals surface area contributed by atoms with Crippen molar-refractivity contribution in [1.82, 2.24) is 14.9 Å². The maximum atomic E-state index is 13.0. The minimum Gasteiger partial charge on any atom is -0.355 e. The normalized spacial score (nSPS) is 15.7. The summed E-state index contributed by atoms with van der Waals surface area (Å²) in [5, 5.41) is 5.56. The average molecular weight is 394 g/mol. The van der Waals surface area contributed by atoms with Crippen LogP contribution < -0.4 is 10.9 Å². The molecule has 142 valence electrons. The molecule has 0 aliphatic heterocycles. The van der Waals surface area contributed by atoms with Crippen LogP contribution in [0, 0.1) is 5.92 Å². The lowest BCUT2D eigenvalue weighted by Gasteiger charge is -2.25. The van der Waals surface area contributed by atoms with Gasteiger partial charge in [-0.25, -0.2) is 4.98 Å². The van der Waals surface area contributed by atoms with E-state index >= 15 is 0 Å². The zero-order valence-corrected chi connectivity index (χ0v) is 17.1. The second-order valence-corrected chi connectivity index (χ2v) is 9.18. The summed E-state index contributed by atoms with van der Waals surface area (Å²) in [5.41, 5.74) is 0.800. The van der Waals surface area contributed by atoms with E-state index in [-0.39, 0.29) is 17.5 Å². The number of hydrogen-bond donors (Lipinski definition) is 1. The van der Waals surface area contributed by atoms with Gasteiger partial charge in [-0.2, -0.15) is 0 Å². The zero-order valence-electron chi connectivity index (χ0n) is 15.5. The SMILES string of the molecule is CC(C)CCNC(=O)CSc1nc2ccsc2c(=O)n1C1CCCCC1. The van der Waals surface area contributed by atoms with Crippen LogP contribution in [0.2, 0.25) is 0 Å². The third kappa shape index (κ3) is 4.68. The van der Waals surface area contributed by atoms with Crippen LogP contribution in [0.15, 0.2) is 21.4 Å². The Morgan fingerprint density at radius 3 is 2.88 bits per heavy atom. The van der Waals surface area contributed by atoms with E-state index in [0.717, 1.165) is 42.3 Å². The quantitative estimate of drug-likeness (QED) is 0.565. The van der Waals surface area contributed by atoms with Crippen LogP contribution >= 0.6 is 23.1 Å². The molecule has 1 amide bonds. The van der Waals surface area contributed by atoms with Crippen LogP contribution in [-0.2, 0) is 4.79 Å². The highest BCUT2D eigenvalue weighted by molar-refractivity contribution is 7.99. The van der Waals surface area contributed by atoms with Crippen LogP contribution in [0.1, 0.15) is 58.4 Å². The Morgan fingerprint density at radius 2 is 2.15 bits per heavy atom. The Balaban J connectivity index is 1.77. The first-order chi connectivity index (χ1) is 12.6. The number of fused-ring (bicyclic) bond motifs is 1. The number of rotatable bonds is 7. The highest BCUT2D eigenvalue weighted by Gasteiger charge is 2.22. The average Bonchev–Trinajstić information content (AvgIpc) is 3.09. The van der Waals surface area contributed by atoms with Crippen molar-refractivity contribution in [2.45, 2.75) is 63.6 Å². The van der Waals surface area contributed by atoms with Crippen molar-refractivity contribution in [2.24, 2.45) is 5.92 Å². The Kier molecular flexibility index (Phi) is 6.75. The van der Waals surface area contributed by atoms with Gasteiger partial charge in [0, 0.05) is 12.6 Å². The fourth-order valence-corrected chi connectivity index (χ4v) is 5.01. The second kappa shape index (κ2) is 9.04. The predicted molar refractivity (Wildman–Crippen MR) is 109 cm³/mol. The number of nitrogens with zero attached hydrogens (tertiary/aromatic N) is 2. The Morgan fingerprint density at radius 1 is 1.38 bits per heavy atom. The molecular formula is C19H27N3O2S2. The molecule has 0 radical (unpaired) electrons. The number of amides is 1. The van der Waals surface area contributed by atoms with E-state index in [1.54, 1.807) is 0 Å². The van der Waals surface area contributed by atoms with Crippen molar-refractivity contribution >= 4 is 39.2 Å². The van der Waals surface area contributed by atoms with Crippen molar-refractivity contribution < 1.29 is 4.79 Å². The molecule has 26 heavy (non-hydrogen) atoms. The van der Waals surface area contributed by atoms with Gasteiger partial charge < -0.3 is 5.32 Å². The minimum absolute atomic E-state index is 0.00510. The van der Waals surface area contributed by atoms with Crippen LogP contribution in [0.25, 0.3) is 10.2 Å². The van der Waals surface area contributed by atoms with E-state index < -0.39 is 0 Å². The number of aromatic nitrogens is 2. The van der Waals surface area contributed by atoms with Gasteiger partial charge in [-0.1, -0.05) is 44.9 Å². The number of carbonyl (C=O) groups is 1. The lowest BCUT2D eigenvalue weighted by molar-refractivity contribution is -0.118. The van der Waals surface area contributed by atoms with E-state index in [0.29, 0.717) is 23.4 Å². The van der Waals surface area contributed by atoms with E-state index in [9.17, 15) is 9.59 Å². The monoisotopic (exact) mass is 393 g/mol. The molecule has 1 N–H and O–H groups in total. The molecule has 0 aromatic carbocycles. The van der Waals surface area contributed by atoms with Gasteiger partial charge in [0.2, 0.25) is 5.91 Å². The summed E-state index contributed by atoms with van der Waals surface area (Å²) < 4.78 is 2.59. The van der Waals surface area contributed by atoms with Gasteiger partial charge in [0.05, 0.1) is 11.3 Å². The predicted octanol–water partition coefficient (Wildman–Crippen LogP) is 4.22. The van der Waals surface area contributed by atoms with Crippen molar-refractivity contribution in [2.75, 3.05) is 12.3 Å². The van der Waals surface area contributed by atoms with E-state index in [1.165, 1.54) is 29.5 Å². The van der Waals surface area contributed by atoms with Gasteiger partial charge in [-0.3, -0.25) is 14.2 Å². The lowest BCUT2D eigenvalue weighted by atomic mass is 9.95. The summed E-state index contributed by atoms with van der Waals surface area (Å²) in [4.78, 5) is 29.9. The molecule has 2 heterocycles. The van der Waals surface area contributed by atoms with Gasteiger partial charge in [-0.05, 0) is 36.6 Å². The topological polar surface area (TPSA) is 64.0 Å². The lowest BCUT2D eigenvalue weighted by Crippen LogP contribution is -2.30. The first kappa shape index (κ1) is 19.4. The molecule has 0 unspecified atom stereocenters. The molecule has 7 heteroatoms. The Labute approximate surface area is 162 Å². The number of thioether (sulfide) groups is 1. The molecule has 5 nitrogen and oxygen atoms in total. The molecular weight excluding hydrogens is 366 g/mol. The smallest absolute Gasteiger partial charge is 0.272 e. The zero-order chi connectivity index (χ0) is 18.5. The summed E-state index contributed by atoms with van der Waals surface area (Å²) in [6.45, 7) is 4.98. The number of thiophene rings is 1. The highest BCUT2D eigenvalue weighted by atomic mass is 32.2. The molecule has 3 rings (SSSR count). The van der Waals surface area contributed by atoms with Crippen molar-refractivity contribution in [3.63, 3.8) is 0 Å². The van der Waals surface area contributed by atoms with Crippen LogP contribution in [-0.4, -0.2) is 27.8 Å². The van der Waals surface area contributed by atoms with Crippen molar-refractivity contribution in [1.29, 1.82) is 0 Å². The van der Waals surface area contributed by atoms with Gasteiger partial charge in [0.25, 0.3) is 5.56 Å². The van der Waals surface area contributed by atoms with Gasteiger partial charge in [0.15, 0.2) is 5.16 Å². The highest BCUT2D eigenvalue weighted by Crippen LogP contribution is 2.31. The summed E-state index contributed by atoms with van der Waals surface area (Å²) >= 11 is 2.84. The van der Waals surface area contributed by atoms with Gasteiger partial charge in [-0.15, -0.1) is 11.3 Å².